The minimum Gasteiger partial charge on any atom is -0.465 e. The Morgan fingerprint density at radius 1 is 0.764 bits per heavy atom. The summed E-state index contributed by atoms with van der Waals surface area (Å²) in [6, 6.07) is 0. The van der Waals surface area contributed by atoms with E-state index in [9.17, 15) is 29.2 Å². The maximum Gasteiger partial charge on any atom is 0.331 e. The number of hydrogen-bond acceptors (Lipinski definition) is 11. The van der Waals surface area contributed by atoms with Gasteiger partial charge >= 0.3 is 25.5 Å². The molecule has 0 aliphatic heterocycles. The summed E-state index contributed by atoms with van der Waals surface area (Å²) in [4.78, 5) is 38.6. The van der Waals surface area contributed by atoms with Gasteiger partial charge in [0.2, 0.25) is 6.79 Å². The van der Waals surface area contributed by atoms with E-state index in [4.69, 9.17) is 23.3 Å². The van der Waals surface area contributed by atoms with E-state index in [2.05, 4.69) is 20.8 Å². The maximum atomic E-state index is 13.7. The van der Waals surface area contributed by atoms with Crippen LogP contribution in [0.1, 0.15) is 157 Å². The Morgan fingerprint density at radius 2 is 1.38 bits per heavy atom. The lowest BCUT2D eigenvalue weighted by Gasteiger charge is -2.62. The average molecular weight is 799 g/mol. The second kappa shape index (κ2) is 21.5. The monoisotopic (exact) mass is 799 g/mol. The Kier molecular flexibility index (Phi) is 18.0. The molecule has 0 saturated heterocycles. The highest BCUT2D eigenvalue weighted by molar-refractivity contribution is 7.53. The van der Waals surface area contributed by atoms with Crippen LogP contribution in [0.15, 0.2) is 0 Å². The van der Waals surface area contributed by atoms with Crippen molar-refractivity contribution in [1.29, 1.82) is 0 Å². The Morgan fingerprint density at radius 3 is 2.02 bits per heavy atom. The van der Waals surface area contributed by atoms with Crippen LogP contribution in [0.5, 0.6) is 0 Å². The van der Waals surface area contributed by atoms with Gasteiger partial charge in [-0.05, 0) is 130 Å². The minimum atomic E-state index is -3.62. The molecule has 318 valence electrons. The topological polar surface area (TPSA) is 155 Å². The molecule has 0 aromatic carbocycles. The summed E-state index contributed by atoms with van der Waals surface area (Å²) >= 11 is 0. The molecular weight excluding hydrogens is 723 g/mol. The third-order valence-electron chi connectivity index (χ3n) is 14.5. The van der Waals surface area contributed by atoms with Crippen LogP contribution in [0.4, 0.5) is 0 Å². The summed E-state index contributed by atoms with van der Waals surface area (Å²) in [7, 11) is -3.62. The zero-order valence-corrected chi connectivity index (χ0v) is 35.9. The van der Waals surface area contributed by atoms with E-state index in [1.54, 1.807) is 0 Å². The summed E-state index contributed by atoms with van der Waals surface area (Å²) in [6.07, 6.45) is 12.8. The highest BCUT2D eigenvalue weighted by atomic mass is 31.2. The van der Waals surface area contributed by atoms with Gasteiger partial charge in [-0.3, -0.25) is 18.9 Å². The molecule has 11 nitrogen and oxygen atoms in total. The molecule has 0 amide bonds. The molecule has 0 aromatic rings. The summed E-state index contributed by atoms with van der Waals surface area (Å²) in [5.41, 5.74) is 0.00753. The molecule has 4 saturated carbocycles. The van der Waals surface area contributed by atoms with Crippen molar-refractivity contribution in [3.8, 4) is 0 Å². The SMILES string of the molecule is CCCCOC(=O)[C@@H](CCC(=O)OCOC(=O)CC[C@@H](C)C1CCC2C3CC[C@@H]4C[C@H](O)CC[C@]4(C)C3C[C@H](O)[C@@]21C)CP(=O)(OCCCC)OCCCC. The number of unbranched alkanes of at least 4 members (excludes halogenated alkanes) is 3. The molecule has 0 spiro atoms. The van der Waals surface area contributed by atoms with E-state index >= 15 is 0 Å². The Labute approximate surface area is 331 Å². The van der Waals surface area contributed by atoms with Gasteiger partial charge in [0.05, 0.1) is 44.1 Å². The fraction of sp³-hybridized carbons (Fsp3) is 0.930. The Hall–Kier alpha value is -1.52. The normalized spacial score (nSPS) is 32.8. The number of rotatable bonds is 23. The highest BCUT2D eigenvalue weighted by Crippen LogP contribution is 2.68. The molecular formula is C43H75O11P. The van der Waals surface area contributed by atoms with Gasteiger partial charge in [-0.15, -0.1) is 0 Å². The minimum absolute atomic E-state index is 0.0328. The van der Waals surface area contributed by atoms with Crippen LogP contribution in [-0.4, -0.2) is 73.1 Å². The maximum absolute atomic E-state index is 13.7. The molecule has 0 bridgehead atoms. The first-order valence-corrected chi connectivity index (χ1v) is 23.7. The van der Waals surface area contributed by atoms with Crippen molar-refractivity contribution in [2.75, 3.05) is 32.8 Å². The summed E-state index contributed by atoms with van der Waals surface area (Å²) in [6.45, 7) is 13.1. The standard InChI is InChI=1S/C43H75O11P/c1-7-10-23-50-41(48)31(28-55(49,53-24-11-8-2)54-25-12-9-3)14-20-40(47)52-29-51-39(46)19-13-30(4)35-17-18-36-34-16-15-32-26-33(44)21-22-42(32,5)37(34)27-38(45)43(35,36)6/h30-38,44-45H,7-29H2,1-6H3/t30-,31+,32-,33-,34?,35?,36?,37?,38+,42+,43-/m1/s1. The number of fused-ring (bicyclic) bond motifs is 5. The number of aliphatic hydroxyl groups excluding tert-OH is 2. The second-order valence-corrected chi connectivity index (χ2v) is 20.1. The number of aliphatic hydroxyl groups is 2. The van der Waals surface area contributed by atoms with Gasteiger partial charge in [0.15, 0.2) is 0 Å². The fourth-order valence-corrected chi connectivity index (χ4v) is 13.1. The van der Waals surface area contributed by atoms with E-state index in [0.717, 1.165) is 57.8 Å². The van der Waals surface area contributed by atoms with Crippen LogP contribution < -0.4 is 0 Å². The predicted octanol–water partition coefficient (Wildman–Crippen LogP) is 9.00. The van der Waals surface area contributed by atoms with Gasteiger partial charge in [0, 0.05) is 12.8 Å². The highest BCUT2D eigenvalue weighted by Gasteiger charge is 2.63. The predicted molar refractivity (Wildman–Crippen MR) is 211 cm³/mol. The average Bonchev–Trinajstić information content (AvgIpc) is 3.52. The Bertz CT molecular complexity index is 1260. The molecule has 4 fully saturated rings. The summed E-state index contributed by atoms with van der Waals surface area (Å²) in [5, 5.41) is 22.3. The summed E-state index contributed by atoms with van der Waals surface area (Å²) in [5.74, 6) is 0.135. The number of ether oxygens (including phenoxy) is 3. The third kappa shape index (κ3) is 11.8. The molecule has 4 unspecified atom stereocenters. The number of carbonyl (C=O) groups is 3. The smallest absolute Gasteiger partial charge is 0.331 e. The van der Waals surface area contributed by atoms with Gasteiger partial charge in [-0.25, -0.2) is 0 Å². The van der Waals surface area contributed by atoms with Crippen molar-refractivity contribution < 1.29 is 52.4 Å². The fourth-order valence-electron chi connectivity index (χ4n) is 11.1. The zero-order chi connectivity index (χ0) is 40.2. The molecule has 11 atom stereocenters. The lowest BCUT2D eigenvalue weighted by molar-refractivity contribution is -0.175. The molecule has 0 radical (unpaired) electrons. The van der Waals surface area contributed by atoms with E-state index in [-0.39, 0.29) is 74.2 Å². The molecule has 4 rings (SSSR count). The van der Waals surface area contributed by atoms with Crippen molar-refractivity contribution in [3.05, 3.63) is 0 Å². The van der Waals surface area contributed by atoms with E-state index in [1.807, 2.05) is 20.8 Å². The molecule has 0 aromatic heterocycles. The van der Waals surface area contributed by atoms with Gasteiger partial charge in [0.1, 0.15) is 0 Å². The first-order valence-electron chi connectivity index (χ1n) is 21.9. The molecule has 12 heteroatoms. The van der Waals surface area contributed by atoms with Crippen molar-refractivity contribution in [3.63, 3.8) is 0 Å². The van der Waals surface area contributed by atoms with Crippen LogP contribution in [0.3, 0.4) is 0 Å². The van der Waals surface area contributed by atoms with Gasteiger partial charge in [-0.2, -0.15) is 0 Å². The van der Waals surface area contributed by atoms with E-state index < -0.39 is 38.2 Å². The van der Waals surface area contributed by atoms with Crippen LogP contribution in [-0.2, 0) is 42.2 Å². The van der Waals surface area contributed by atoms with Crippen molar-refractivity contribution in [2.24, 2.45) is 52.3 Å². The zero-order valence-electron chi connectivity index (χ0n) is 35.0. The molecule has 55 heavy (non-hydrogen) atoms. The van der Waals surface area contributed by atoms with E-state index in [0.29, 0.717) is 55.3 Å². The number of carbonyl (C=O) groups excluding carboxylic acids is 3. The third-order valence-corrected chi connectivity index (χ3v) is 16.6. The van der Waals surface area contributed by atoms with Crippen molar-refractivity contribution in [1.82, 2.24) is 0 Å². The van der Waals surface area contributed by atoms with Crippen LogP contribution in [0, 0.1) is 52.3 Å². The largest absolute Gasteiger partial charge is 0.465 e. The van der Waals surface area contributed by atoms with Crippen molar-refractivity contribution >= 4 is 25.5 Å². The first kappa shape index (κ1) is 46.2. The van der Waals surface area contributed by atoms with Crippen LogP contribution in [0.25, 0.3) is 0 Å². The van der Waals surface area contributed by atoms with Gasteiger partial charge in [0.25, 0.3) is 0 Å². The van der Waals surface area contributed by atoms with Crippen molar-refractivity contribution in [2.45, 2.75) is 169 Å². The van der Waals surface area contributed by atoms with E-state index in [1.165, 1.54) is 12.8 Å². The molecule has 2 N–H and O–H groups in total. The first-order chi connectivity index (χ1) is 26.2. The van der Waals surface area contributed by atoms with Crippen LogP contribution in [0.2, 0.25) is 0 Å². The summed E-state index contributed by atoms with van der Waals surface area (Å²) < 4.78 is 41.1. The van der Waals surface area contributed by atoms with Gasteiger partial charge < -0.3 is 33.5 Å². The lowest BCUT2D eigenvalue weighted by atomic mass is 9.43. The lowest BCUT2D eigenvalue weighted by Crippen LogP contribution is -2.58. The number of esters is 3. The quantitative estimate of drug-likeness (QED) is 0.0440. The second-order valence-electron chi connectivity index (χ2n) is 18.0. The Balaban J connectivity index is 1.24. The molecule has 0 heterocycles. The molecule has 4 aliphatic rings. The number of hydrogen-bond donors (Lipinski definition) is 2. The van der Waals surface area contributed by atoms with Gasteiger partial charge in [-0.1, -0.05) is 60.8 Å². The van der Waals surface area contributed by atoms with Crippen LogP contribution >= 0.6 is 7.60 Å². The molecule has 4 aliphatic carbocycles.